The second-order valence-electron chi connectivity index (χ2n) is 3.65. The molecule has 0 aromatic carbocycles. The van der Waals surface area contributed by atoms with E-state index >= 15 is 0 Å². The third kappa shape index (κ3) is 4.84. The van der Waals surface area contributed by atoms with Crippen molar-refractivity contribution in [3.63, 3.8) is 0 Å². The summed E-state index contributed by atoms with van der Waals surface area (Å²) in [5, 5.41) is 8.53. The van der Waals surface area contributed by atoms with Crippen LogP contribution < -0.4 is 0 Å². The van der Waals surface area contributed by atoms with Crippen LogP contribution in [-0.2, 0) is 9.59 Å². The second-order valence-corrected chi connectivity index (χ2v) is 3.65. The van der Waals surface area contributed by atoms with Crippen molar-refractivity contribution >= 4 is 11.9 Å². The van der Waals surface area contributed by atoms with E-state index in [1.165, 1.54) is 4.90 Å². The first-order valence-electron chi connectivity index (χ1n) is 4.92. The molecule has 1 atom stereocenters. The van der Waals surface area contributed by atoms with Gasteiger partial charge in [0.2, 0.25) is 5.91 Å². The summed E-state index contributed by atoms with van der Waals surface area (Å²) in [6.45, 7) is 2.00. The zero-order valence-electron chi connectivity index (χ0n) is 9.12. The monoisotopic (exact) mass is 201 g/mol. The zero-order valence-corrected chi connectivity index (χ0v) is 9.12. The Morgan fingerprint density at radius 2 is 1.86 bits per heavy atom. The fraction of sp³-hybridized carbons (Fsp3) is 0.800. The van der Waals surface area contributed by atoms with Crippen LogP contribution in [0, 0.1) is 5.92 Å². The molecule has 0 fully saturated rings. The number of carboxylic acid groups (broad SMARTS) is 1. The molecule has 4 heteroatoms. The number of rotatable bonds is 6. The van der Waals surface area contributed by atoms with Crippen molar-refractivity contribution in [3.8, 4) is 0 Å². The van der Waals surface area contributed by atoms with Gasteiger partial charge < -0.3 is 10.0 Å². The van der Waals surface area contributed by atoms with E-state index < -0.39 is 5.97 Å². The molecule has 0 radical (unpaired) electrons. The highest BCUT2D eigenvalue weighted by atomic mass is 16.4. The van der Waals surface area contributed by atoms with Crippen LogP contribution in [0.25, 0.3) is 0 Å². The first-order chi connectivity index (χ1) is 6.49. The summed E-state index contributed by atoms with van der Waals surface area (Å²) in [5.74, 6) is -0.933. The lowest BCUT2D eigenvalue weighted by atomic mass is 9.96. The van der Waals surface area contributed by atoms with Gasteiger partial charge in [-0.1, -0.05) is 13.3 Å². The Morgan fingerprint density at radius 1 is 1.29 bits per heavy atom. The Bertz CT molecular complexity index is 202. The van der Waals surface area contributed by atoms with E-state index in [-0.39, 0.29) is 18.2 Å². The van der Waals surface area contributed by atoms with Crippen LogP contribution in [0.4, 0.5) is 0 Å². The minimum absolute atomic E-state index is 0.0353. The minimum Gasteiger partial charge on any atom is -0.481 e. The lowest BCUT2D eigenvalue weighted by Gasteiger charge is -2.19. The molecule has 0 aliphatic rings. The molecular weight excluding hydrogens is 182 g/mol. The Labute approximate surface area is 84.9 Å². The van der Waals surface area contributed by atoms with Gasteiger partial charge in [0.15, 0.2) is 0 Å². The minimum atomic E-state index is -0.836. The standard InChI is InChI=1S/C10H19NO3/c1-4-5-8(6-7-9(12)13)10(14)11(2)3/h8H,4-7H2,1-3H3,(H,12,13). The van der Waals surface area contributed by atoms with Crippen LogP contribution in [0.3, 0.4) is 0 Å². The Balaban J connectivity index is 4.14. The number of carbonyl (C=O) groups excluding carboxylic acids is 1. The third-order valence-corrected chi connectivity index (χ3v) is 2.13. The van der Waals surface area contributed by atoms with Crippen LogP contribution in [0.15, 0.2) is 0 Å². The molecule has 0 aliphatic carbocycles. The van der Waals surface area contributed by atoms with E-state index in [9.17, 15) is 9.59 Å². The molecule has 0 rings (SSSR count). The first kappa shape index (κ1) is 12.9. The molecule has 0 heterocycles. The number of amides is 1. The molecule has 0 saturated carbocycles. The van der Waals surface area contributed by atoms with Crippen LogP contribution in [0.1, 0.15) is 32.6 Å². The van der Waals surface area contributed by atoms with E-state index in [0.29, 0.717) is 6.42 Å². The third-order valence-electron chi connectivity index (χ3n) is 2.13. The molecular formula is C10H19NO3. The summed E-state index contributed by atoms with van der Waals surface area (Å²) >= 11 is 0. The zero-order chi connectivity index (χ0) is 11.1. The lowest BCUT2D eigenvalue weighted by Crippen LogP contribution is -2.30. The van der Waals surface area contributed by atoms with Gasteiger partial charge in [-0.15, -0.1) is 0 Å². The van der Waals surface area contributed by atoms with Gasteiger partial charge >= 0.3 is 5.97 Å². The van der Waals surface area contributed by atoms with Crippen molar-refractivity contribution in [3.05, 3.63) is 0 Å². The maximum absolute atomic E-state index is 11.6. The summed E-state index contributed by atoms with van der Waals surface area (Å²) in [7, 11) is 3.40. The largest absolute Gasteiger partial charge is 0.481 e. The highest BCUT2D eigenvalue weighted by Gasteiger charge is 2.19. The van der Waals surface area contributed by atoms with E-state index in [1.54, 1.807) is 14.1 Å². The maximum atomic E-state index is 11.6. The predicted molar refractivity (Wildman–Crippen MR) is 54.0 cm³/mol. The van der Waals surface area contributed by atoms with Crippen LogP contribution >= 0.6 is 0 Å². The van der Waals surface area contributed by atoms with Crippen LogP contribution in [0.2, 0.25) is 0 Å². The average molecular weight is 201 g/mol. The van der Waals surface area contributed by atoms with Crippen molar-refractivity contribution in [1.29, 1.82) is 0 Å². The lowest BCUT2D eigenvalue weighted by molar-refractivity contribution is -0.138. The van der Waals surface area contributed by atoms with Crippen molar-refractivity contribution in [2.45, 2.75) is 32.6 Å². The molecule has 1 amide bonds. The first-order valence-corrected chi connectivity index (χ1v) is 4.92. The van der Waals surface area contributed by atoms with Gasteiger partial charge in [-0.3, -0.25) is 9.59 Å². The molecule has 0 aromatic heterocycles. The van der Waals surface area contributed by atoms with E-state index in [0.717, 1.165) is 12.8 Å². The van der Waals surface area contributed by atoms with Gasteiger partial charge in [-0.05, 0) is 12.8 Å². The fourth-order valence-corrected chi connectivity index (χ4v) is 1.40. The molecule has 4 nitrogen and oxygen atoms in total. The SMILES string of the molecule is CCCC(CCC(=O)O)C(=O)N(C)C. The number of carbonyl (C=O) groups is 2. The molecule has 1 unspecified atom stereocenters. The van der Waals surface area contributed by atoms with Crippen molar-refractivity contribution in [2.24, 2.45) is 5.92 Å². The van der Waals surface area contributed by atoms with E-state index in [1.807, 2.05) is 6.92 Å². The normalized spacial score (nSPS) is 12.2. The Morgan fingerprint density at radius 3 is 2.21 bits per heavy atom. The van der Waals surface area contributed by atoms with Gasteiger partial charge in [0.1, 0.15) is 0 Å². The number of hydrogen-bond donors (Lipinski definition) is 1. The second kappa shape index (κ2) is 6.40. The highest BCUT2D eigenvalue weighted by Crippen LogP contribution is 2.15. The van der Waals surface area contributed by atoms with E-state index in [2.05, 4.69) is 0 Å². The smallest absolute Gasteiger partial charge is 0.303 e. The molecule has 0 saturated heterocycles. The Kier molecular flexibility index (Phi) is 5.92. The summed E-state index contributed by atoms with van der Waals surface area (Å²) < 4.78 is 0. The van der Waals surface area contributed by atoms with Crippen LogP contribution in [-0.4, -0.2) is 36.0 Å². The molecule has 0 aromatic rings. The number of carboxylic acids is 1. The molecule has 14 heavy (non-hydrogen) atoms. The highest BCUT2D eigenvalue weighted by molar-refractivity contribution is 5.79. The van der Waals surface area contributed by atoms with Gasteiger partial charge in [0, 0.05) is 26.4 Å². The summed E-state index contributed by atoms with van der Waals surface area (Å²) in [4.78, 5) is 23.5. The number of aliphatic carboxylic acids is 1. The topological polar surface area (TPSA) is 57.6 Å². The quantitative estimate of drug-likeness (QED) is 0.705. The van der Waals surface area contributed by atoms with Crippen molar-refractivity contribution in [2.75, 3.05) is 14.1 Å². The average Bonchev–Trinajstić information content (AvgIpc) is 2.10. The molecule has 1 N–H and O–H groups in total. The van der Waals surface area contributed by atoms with Gasteiger partial charge in [-0.2, -0.15) is 0 Å². The molecule has 0 spiro atoms. The molecule has 0 aliphatic heterocycles. The summed E-state index contributed by atoms with van der Waals surface area (Å²) in [6.07, 6.45) is 2.19. The van der Waals surface area contributed by atoms with Crippen LogP contribution in [0.5, 0.6) is 0 Å². The van der Waals surface area contributed by atoms with Gasteiger partial charge in [0.25, 0.3) is 0 Å². The fourth-order valence-electron chi connectivity index (χ4n) is 1.40. The summed E-state index contributed by atoms with van der Waals surface area (Å²) in [6, 6.07) is 0. The van der Waals surface area contributed by atoms with Gasteiger partial charge in [-0.25, -0.2) is 0 Å². The number of hydrogen-bond acceptors (Lipinski definition) is 2. The number of nitrogens with zero attached hydrogens (tertiary/aromatic N) is 1. The Hall–Kier alpha value is -1.06. The van der Waals surface area contributed by atoms with Crippen molar-refractivity contribution in [1.82, 2.24) is 4.90 Å². The summed E-state index contributed by atoms with van der Waals surface area (Å²) in [5.41, 5.74) is 0. The molecule has 82 valence electrons. The maximum Gasteiger partial charge on any atom is 0.303 e. The van der Waals surface area contributed by atoms with E-state index in [4.69, 9.17) is 5.11 Å². The predicted octanol–water partition coefficient (Wildman–Crippen LogP) is 1.36. The van der Waals surface area contributed by atoms with Gasteiger partial charge in [0.05, 0.1) is 0 Å². The molecule has 0 bridgehead atoms. The van der Waals surface area contributed by atoms with Crippen molar-refractivity contribution < 1.29 is 14.7 Å².